The summed E-state index contributed by atoms with van der Waals surface area (Å²) in [5.41, 5.74) is 2.13. The molecule has 0 spiro atoms. The van der Waals surface area contributed by atoms with Crippen molar-refractivity contribution >= 4 is 6.08 Å². The van der Waals surface area contributed by atoms with E-state index in [0.29, 0.717) is 6.61 Å². The van der Waals surface area contributed by atoms with Crippen LogP contribution in [0.5, 0.6) is 17.2 Å². The molecule has 2 aromatic rings. The summed E-state index contributed by atoms with van der Waals surface area (Å²) in [6.45, 7) is 8.09. The van der Waals surface area contributed by atoms with Crippen molar-refractivity contribution < 1.29 is 14.2 Å². The van der Waals surface area contributed by atoms with Gasteiger partial charge >= 0.3 is 0 Å². The molecular formula is C22H24O3. The van der Waals surface area contributed by atoms with Gasteiger partial charge in [0.15, 0.2) is 0 Å². The molecule has 0 aliphatic heterocycles. The summed E-state index contributed by atoms with van der Waals surface area (Å²) in [7, 11) is 3.30. The topological polar surface area (TPSA) is 27.7 Å². The van der Waals surface area contributed by atoms with Crippen LogP contribution in [0.1, 0.15) is 17.0 Å². The fourth-order valence-corrected chi connectivity index (χ4v) is 2.45. The van der Waals surface area contributed by atoms with Crippen molar-refractivity contribution in [3.05, 3.63) is 85.0 Å². The van der Waals surface area contributed by atoms with Crippen LogP contribution in [-0.2, 0) is 0 Å². The molecule has 1 unspecified atom stereocenters. The van der Waals surface area contributed by atoms with Gasteiger partial charge in [-0.15, -0.1) is 6.58 Å². The van der Waals surface area contributed by atoms with Crippen molar-refractivity contribution in [3.8, 4) is 17.2 Å². The van der Waals surface area contributed by atoms with Crippen LogP contribution in [0.2, 0.25) is 0 Å². The van der Waals surface area contributed by atoms with Gasteiger partial charge in [0, 0.05) is 17.5 Å². The highest BCUT2D eigenvalue weighted by molar-refractivity contribution is 5.54. The Labute approximate surface area is 149 Å². The van der Waals surface area contributed by atoms with E-state index in [1.54, 1.807) is 20.3 Å². The first-order chi connectivity index (χ1) is 12.2. The number of hydrogen-bond acceptors (Lipinski definition) is 3. The molecule has 3 nitrogen and oxygen atoms in total. The zero-order valence-corrected chi connectivity index (χ0v) is 14.8. The minimum atomic E-state index is 0.0394. The molecule has 0 N–H and O–H groups in total. The SMILES string of the molecule is C=CCOc1ccc(/C=C/C(C=C)c2ccc(OC)cc2OC)cc1. The molecule has 0 aliphatic carbocycles. The van der Waals surface area contributed by atoms with Crippen molar-refractivity contribution in [2.75, 3.05) is 20.8 Å². The molecule has 0 radical (unpaired) electrons. The third-order valence-corrected chi connectivity index (χ3v) is 3.80. The minimum Gasteiger partial charge on any atom is -0.497 e. The van der Waals surface area contributed by atoms with Crippen molar-refractivity contribution in [1.82, 2.24) is 0 Å². The van der Waals surface area contributed by atoms with E-state index >= 15 is 0 Å². The lowest BCUT2D eigenvalue weighted by Crippen LogP contribution is -1.97. The van der Waals surface area contributed by atoms with E-state index in [9.17, 15) is 0 Å². The lowest BCUT2D eigenvalue weighted by atomic mass is 9.96. The lowest BCUT2D eigenvalue weighted by Gasteiger charge is -2.14. The Morgan fingerprint density at radius 3 is 2.28 bits per heavy atom. The Hall–Kier alpha value is -2.94. The largest absolute Gasteiger partial charge is 0.497 e. The number of allylic oxidation sites excluding steroid dienone is 2. The van der Waals surface area contributed by atoms with Gasteiger partial charge in [-0.25, -0.2) is 0 Å². The molecule has 0 saturated carbocycles. The second kappa shape index (κ2) is 9.38. The highest BCUT2D eigenvalue weighted by atomic mass is 16.5. The Kier molecular flexibility index (Phi) is 6.90. The fourth-order valence-electron chi connectivity index (χ4n) is 2.45. The first-order valence-electron chi connectivity index (χ1n) is 8.08. The number of rotatable bonds is 9. The normalized spacial score (nSPS) is 11.8. The number of ether oxygens (including phenoxy) is 3. The molecule has 0 bridgehead atoms. The highest BCUT2D eigenvalue weighted by Gasteiger charge is 2.11. The summed E-state index contributed by atoms with van der Waals surface area (Å²) in [5.74, 6) is 2.41. The van der Waals surface area contributed by atoms with Gasteiger partial charge in [-0.3, -0.25) is 0 Å². The standard InChI is InChI=1S/C22H24O3/c1-5-15-25-19-11-8-17(9-12-19)7-10-18(6-2)21-14-13-20(23-3)16-22(21)24-4/h5-14,16,18H,1-2,15H2,3-4H3/b10-7+. The van der Waals surface area contributed by atoms with Crippen LogP contribution in [0, 0.1) is 0 Å². The lowest BCUT2D eigenvalue weighted by molar-refractivity contribution is 0.363. The van der Waals surface area contributed by atoms with Gasteiger partial charge in [0.2, 0.25) is 0 Å². The first-order valence-corrected chi connectivity index (χ1v) is 8.08. The van der Waals surface area contributed by atoms with Crippen LogP contribution in [-0.4, -0.2) is 20.8 Å². The van der Waals surface area contributed by atoms with Crippen molar-refractivity contribution in [2.45, 2.75) is 5.92 Å². The molecule has 0 fully saturated rings. The molecule has 0 amide bonds. The molecule has 2 rings (SSSR count). The zero-order valence-electron chi connectivity index (χ0n) is 14.8. The molecule has 0 heterocycles. The maximum absolute atomic E-state index is 5.49. The van der Waals surface area contributed by atoms with E-state index in [-0.39, 0.29) is 5.92 Å². The van der Waals surface area contributed by atoms with Gasteiger partial charge in [-0.05, 0) is 23.8 Å². The van der Waals surface area contributed by atoms with Crippen LogP contribution >= 0.6 is 0 Å². The van der Waals surface area contributed by atoms with Crippen molar-refractivity contribution in [1.29, 1.82) is 0 Å². The summed E-state index contributed by atoms with van der Waals surface area (Å²) >= 11 is 0. The monoisotopic (exact) mass is 336 g/mol. The number of benzene rings is 2. The molecule has 130 valence electrons. The third-order valence-electron chi connectivity index (χ3n) is 3.80. The Morgan fingerprint density at radius 1 is 0.960 bits per heavy atom. The van der Waals surface area contributed by atoms with Gasteiger partial charge in [0.25, 0.3) is 0 Å². The first kappa shape index (κ1) is 18.4. The molecule has 1 atom stereocenters. The summed E-state index contributed by atoms with van der Waals surface area (Å²) in [5, 5.41) is 0. The second-order valence-electron chi connectivity index (χ2n) is 5.40. The molecule has 25 heavy (non-hydrogen) atoms. The smallest absolute Gasteiger partial charge is 0.126 e. The Bertz CT molecular complexity index is 729. The van der Waals surface area contributed by atoms with Crippen LogP contribution in [0.25, 0.3) is 6.08 Å². The van der Waals surface area contributed by atoms with Crippen LogP contribution in [0.3, 0.4) is 0 Å². The van der Waals surface area contributed by atoms with Crippen molar-refractivity contribution in [2.24, 2.45) is 0 Å². The van der Waals surface area contributed by atoms with Gasteiger partial charge in [0.1, 0.15) is 23.9 Å². The molecular weight excluding hydrogens is 312 g/mol. The maximum atomic E-state index is 5.49. The second-order valence-corrected chi connectivity index (χ2v) is 5.40. The predicted octanol–water partition coefficient (Wildman–Crippen LogP) is 5.25. The number of methoxy groups -OCH3 is 2. The molecule has 3 heteroatoms. The summed E-state index contributed by atoms with van der Waals surface area (Å²) in [4.78, 5) is 0. The predicted molar refractivity (Wildman–Crippen MR) is 104 cm³/mol. The third kappa shape index (κ3) is 5.01. The van der Waals surface area contributed by atoms with E-state index < -0.39 is 0 Å². The van der Waals surface area contributed by atoms with E-state index in [1.165, 1.54) is 0 Å². The molecule has 2 aromatic carbocycles. The van der Waals surface area contributed by atoms with Gasteiger partial charge in [-0.2, -0.15) is 0 Å². The van der Waals surface area contributed by atoms with Gasteiger partial charge in [-0.1, -0.05) is 49.1 Å². The molecule has 0 saturated heterocycles. The quantitative estimate of drug-likeness (QED) is 0.585. The van der Waals surface area contributed by atoms with Crippen LogP contribution in [0.15, 0.2) is 73.9 Å². The van der Waals surface area contributed by atoms with Gasteiger partial charge < -0.3 is 14.2 Å². The van der Waals surface area contributed by atoms with E-state index in [4.69, 9.17) is 14.2 Å². The zero-order chi connectivity index (χ0) is 18.1. The fraction of sp³-hybridized carbons (Fsp3) is 0.182. The summed E-state index contributed by atoms with van der Waals surface area (Å²) in [6.07, 6.45) is 7.78. The van der Waals surface area contributed by atoms with E-state index in [0.717, 1.165) is 28.4 Å². The minimum absolute atomic E-state index is 0.0394. The molecule has 0 aliphatic rings. The average Bonchev–Trinajstić information content (AvgIpc) is 2.67. The highest BCUT2D eigenvalue weighted by Crippen LogP contribution is 2.32. The van der Waals surface area contributed by atoms with Crippen LogP contribution in [0.4, 0.5) is 0 Å². The summed E-state index contributed by atoms with van der Waals surface area (Å²) < 4.78 is 16.2. The average molecular weight is 336 g/mol. The maximum Gasteiger partial charge on any atom is 0.126 e. The van der Waals surface area contributed by atoms with Crippen LogP contribution < -0.4 is 14.2 Å². The van der Waals surface area contributed by atoms with Crippen molar-refractivity contribution in [3.63, 3.8) is 0 Å². The summed E-state index contributed by atoms with van der Waals surface area (Å²) in [6, 6.07) is 13.7. The number of hydrogen-bond donors (Lipinski definition) is 0. The molecule has 0 aromatic heterocycles. The van der Waals surface area contributed by atoms with E-state index in [1.807, 2.05) is 48.5 Å². The van der Waals surface area contributed by atoms with Gasteiger partial charge in [0.05, 0.1) is 14.2 Å². The Morgan fingerprint density at radius 2 is 1.68 bits per heavy atom. The van der Waals surface area contributed by atoms with E-state index in [2.05, 4.69) is 25.3 Å². The Balaban J connectivity index is 2.17.